The molecule has 114 valence electrons. The van der Waals surface area contributed by atoms with Crippen molar-refractivity contribution in [2.75, 3.05) is 6.61 Å². The van der Waals surface area contributed by atoms with Gasteiger partial charge in [0.1, 0.15) is 18.6 Å². The molecule has 1 atom stereocenters. The van der Waals surface area contributed by atoms with Crippen LogP contribution in [-0.4, -0.2) is 25.0 Å². The van der Waals surface area contributed by atoms with Gasteiger partial charge in [-0.05, 0) is 30.0 Å². The maximum absolute atomic E-state index is 12.0. The maximum Gasteiger partial charge on any atom is 0.347 e. The first-order valence-electron chi connectivity index (χ1n) is 7.03. The van der Waals surface area contributed by atoms with Gasteiger partial charge in [-0.25, -0.2) is 4.79 Å². The van der Waals surface area contributed by atoms with E-state index in [4.69, 9.17) is 9.47 Å². The summed E-state index contributed by atoms with van der Waals surface area (Å²) in [5, 5.41) is 0. The van der Waals surface area contributed by atoms with Gasteiger partial charge in [-0.3, -0.25) is 0 Å². The average molecular weight is 290 g/mol. The van der Waals surface area contributed by atoms with E-state index in [-0.39, 0.29) is 6.61 Å². The Morgan fingerprint density at radius 3 is 2.76 bits per heavy atom. The first-order chi connectivity index (χ1) is 10.1. The zero-order valence-corrected chi connectivity index (χ0v) is 12.6. The van der Waals surface area contributed by atoms with Crippen molar-refractivity contribution < 1.29 is 19.1 Å². The summed E-state index contributed by atoms with van der Waals surface area (Å²) in [7, 11) is 0. The van der Waals surface area contributed by atoms with Crippen LogP contribution < -0.4 is 4.74 Å². The van der Waals surface area contributed by atoms with Crippen molar-refractivity contribution in [3.8, 4) is 5.75 Å². The number of hydrogen-bond donors (Lipinski definition) is 0. The molecule has 1 rings (SSSR count). The van der Waals surface area contributed by atoms with Crippen LogP contribution in [0.15, 0.2) is 36.9 Å². The van der Waals surface area contributed by atoms with Crippen LogP contribution in [0.4, 0.5) is 0 Å². The van der Waals surface area contributed by atoms with Crippen molar-refractivity contribution in [1.29, 1.82) is 0 Å². The summed E-state index contributed by atoms with van der Waals surface area (Å²) in [4.78, 5) is 22.6. The Labute approximate surface area is 125 Å². The fourth-order valence-corrected chi connectivity index (χ4v) is 1.86. The molecule has 0 heterocycles. The SMILES string of the molecule is C=CCOC(=O)[C@H](CC(C)C)Oc1cccc(CC=O)c1. The lowest BCUT2D eigenvalue weighted by Crippen LogP contribution is -2.31. The number of carbonyl (C=O) groups is 2. The molecule has 4 heteroatoms. The zero-order chi connectivity index (χ0) is 15.7. The average Bonchev–Trinajstić information content (AvgIpc) is 2.44. The molecule has 0 unspecified atom stereocenters. The van der Waals surface area contributed by atoms with Crippen LogP contribution in [0.25, 0.3) is 0 Å². The van der Waals surface area contributed by atoms with Crippen LogP contribution in [0, 0.1) is 5.92 Å². The van der Waals surface area contributed by atoms with E-state index in [0.717, 1.165) is 11.8 Å². The highest BCUT2D eigenvalue weighted by Gasteiger charge is 2.23. The Morgan fingerprint density at radius 2 is 2.14 bits per heavy atom. The molecule has 21 heavy (non-hydrogen) atoms. The lowest BCUT2D eigenvalue weighted by atomic mass is 10.1. The van der Waals surface area contributed by atoms with E-state index >= 15 is 0 Å². The van der Waals surface area contributed by atoms with Gasteiger partial charge in [-0.2, -0.15) is 0 Å². The Balaban J connectivity index is 2.79. The van der Waals surface area contributed by atoms with E-state index in [9.17, 15) is 9.59 Å². The normalized spacial score (nSPS) is 11.8. The molecular formula is C17H22O4. The summed E-state index contributed by atoms with van der Waals surface area (Å²) >= 11 is 0. The molecule has 1 aromatic rings. The molecule has 4 nitrogen and oxygen atoms in total. The van der Waals surface area contributed by atoms with E-state index in [1.165, 1.54) is 6.08 Å². The first kappa shape index (κ1) is 17.0. The fraction of sp³-hybridized carbons (Fsp3) is 0.412. The highest BCUT2D eigenvalue weighted by molar-refractivity contribution is 5.75. The van der Waals surface area contributed by atoms with Gasteiger partial charge < -0.3 is 14.3 Å². The van der Waals surface area contributed by atoms with Gasteiger partial charge >= 0.3 is 5.97 Å². The van der Waals surface area contributed by atoms with Crippen molar-refractivity contribution >= 4 is 12.3 Å². The molecule has 0 saturated heterocycles. The van der Waals surface area contributed by atoms with Crippen LogP contribution >= 0.6 is 0 Å². The quantitative estimate of drug-likeness (QED) is 0.398. The number of rotatable bonds is 9. The molecule has 0 radical (unpaired) electrons. The second kappa shape index (κ2) is 8.95. The molecule has 0 aliphatic heterocycles. The summed E-state index contributed by atoms with van der Waals surface area (Å²) in [6.45, 7) is 7.71. The molecule has 1 aromatic carbocycles. The van der Waals surface area contributed by atoms with Crippen molar-refractivity contribution in [1.82, 2.24) is 0 Å². The molecule has 0 saturated carbocycles. The van der Waals surface area contributed by atoms with E-state index in [1.54, 1.807) is 18.2 Å². The monoisotopic (exact) mass is 290 g/mol. The number of hydrogen-bond acceptors (Lipinski definition) is 4. The van der Waals surface area contributed by atoms with Gasteiger partial charge in [0, 0.05) is 6.42 Å². The minimum absolute atomic E-state index is 0.169. The lowest BCUT2D eigenvalue weighted by molar-refractivity contribution is -0.151. The second-order valence-corrected chi connectivity index (χ2v) is 5.17. The predicted octanol–water partition coefficient (Wildman–Crippen LogP) is 2.95. The van der Waals surface area contributed by atoms with Crippen molar-refractivity contribution in [3.63, 3.8) is 0 Å². The Hall–Kier alpha value is -2.10. The molecule has 0 aromatic heterocycles. The zero-order valence-electron chi connectivity index (χ0n) is 12.6. The number of carbonyl (C=O) groups excluding carboxylic acids is 2. The highest BCUT2D eigenvalue weighted by Crippen LogP contribution is 2.19. The Morgan fingerprint density at radius 1 is 1.38 bits per heavy atom. The van der Waals surface area contributed by atoms with Gasteiger partial charge in [0.2, 0.25) is 0 Å². The summed E-state index contributed by atoms with van der Waals surface area (Å²) in [6, 6.07) is 7.18. The summed E-state index contributed by atoms with van der Waals surface area (Å²) in [5.74, 6) is 0.462. The van der Waals surface area contributed by atoms with Crippen molar-refractivity contribution in [3.05, 3.63) is 42.5 Å². The van der Waals surface area contributed by atoms with Gasteiger partial charge in [-0.1, -0.05) is 38.6 Å². The number of esters is 1. The minimum atomic E-state index is -0.656. The molecule has 0 bridgehead atoms. The summed E-state index contributed by atoms with van der Waals surface area (Å²) < 4.78 is 10.8. The Bertz CT molecular complexity index is 479. The van der Waals surface area contributed by atoms with Gasteiger partial charge in [0.05, 0.1) is 0 Å². The molecule has 0 aliphatic rings. The smallest absolute Gasteiger partial charge is 0.347 e. The third-order valence-corrected chi connectivity index (χ3v) is 2.79. The van der Waals surface area contributed by atoms with E-state index < -0.39 is 12.1 Å². The molecule has 0 aliphatic carbocycles. The predicted molar refractivity (Wildman–Crippen MR) is 81.2 cm³/mol. The summed E-state index contributed by atoms with van der Waals surface area (Å²) in [5.41, 5.74) is 0.852. The van der Waals surface area contributed by atoms with Crippen molar-refractivity contribution in [2.45, 2.75) is 32.8 Å². The number of benzene rings is 1. The lowest BCUT2D eigenvalue weighted by Gasteiger charge is -2.19. The fourth-order valence-electron chi connectivity index (χ4n) is 1.86. The standard InChI is InChI=1S/C17H22O4/c1-4-10-20-17(19)16(11-13(2)3)21-15-7-5-6-14(12-15)8-9-18/h4-7,9,12-13,16H,1,8,10-11H2,2-3H3/t16-/m0/s1. The van der Waals surface area contributed by atoms with Crippen LogP contribution in [-0.2, 0) is 20.7 Å². The number of aldehydes is 1. The third-order valence-electron chi connectivity index (χ3n) is 2.79. The van der Waals surface area contributed by atoms with Crippen LogP contribution in [0.3, 0.4) is 0 Å². The second-order valence-electron chi connectivity index (χ2n) is 5.17. The third kappa shape index (κ3) is 6.25. The highest BCUT2D eigenvalue weighted by atomic mass is 16.6. The van der Waals surface area contributed by atoms with E-state index in [2.05, 4.69) is 6.58 Å². The first-order valence-corrected chi connectivity index (χ1v) is 7.03. The molecule has 0 spiro atoms. The van der Waals surface area contributed by atoms with Gasteiger partial charge in [0.15, 0.2) is 6.10 Å². The van der Waals surface area contributed by atoms with Crippen LogP contribution in [0.2, 0.25) is 0 Å². The minimum Gasteiger partial charge on any atom is -0.479 e. The molecule has 0 amide bonds. The van der Waals surface area contributed by atoms with E-state index in [0.29, 0.717) is 24.5 Å². The number of ether oxygens (including phenoxy) is 2. The largest absolute Gasteiger partial charge is 0.479 e. The maximum atomic E-state index is 12.0. The molecule has 0 fully saturated rings. The molecular weight excluding hydrogens is 268 g/mol. The van der Waals surface area contributed by atoms with Crippen LogP contribution in [0.1, 0.15) is 25.8 Å². The Kier molecular flexibility index (Phi) is 7.23. The summed E-state index contributed by atoms with van der Waals surface area (Å²) in [6.07, 6.45) is 2.59. The van der Waals surface area contributed by atoms with Gasteiger partial charge in [-0.15, -0.1) is 0 Å². The van der Waals surface area contributed by atoms with Crippen molar-refractivity contribution in [2.24, 2.45) is 5.92 Å². The topological polar surface area (TPSA) is 52.6 Å². The van der Waals surface area contributed by atoms with Gasteiger partial charge in [0.25, 0.3) is 0 Å². The molecule has 0 N–H and O–H groups in total. The van der Waals surface area contributed by atoms with E-state index in [1.807, 2.05) is 19.9 Å². The van der Waals surface area contributed by atoms with Crippen LogP contribution in [0.5, 0.6) is 5.75 Å².